The molecule has 0 saturated carbocycles. The van der Waals surface area contributed by atoms with E-state index in [-0.39, 0.29) is 10.4 Å². The number of benzene rings is 1. The average molecular weight is 333 g/mol. The quantitative estimate of drug-likeness (QED) is 0.876. The number of aromatic nitrogens is 1. The third kappa shape index (κ3) is 4.96. The summed E-state index contributed by atoms with van der Waals surface area (Å²) in [7, 11) is -3.60. The van der Waals surface area contributed by atoms with Crippen LogP contribution in [-0.2, 0) is 16.4 Å². The van der Waals surface area contributed by atoms with Crippen molar-refractivity contribution in [2.24, 2.45) is 0 Å². The van der Waals surface area contributed by atoms with Gasteiger partial charge in [0.15, 0.2) is 0 Å². The minimum Gasteiger partial charge on any atom is -0.365 e. The number of anilines is 2. The summed E-state index contributed by atoms with van der Waals surface area (Å²) in [6, 6.07) is 10.3. The second kappa shape index (κ2) is 6.58. The fourth-order valence-electron chi connectivity index (χ4n) is 2.03. The first kappa shape index (κ1) is 17.3. The summed E-state index contributed by atoms with van der Waals surface area (Å²) >= 11 is 0. The van der Waals surface area contributed by atoms with E-state index in [1.165, 1.54) is 6.20 Å². The lowest BCUT2D eigenvalue weighted by Gasteiger charge is -2.21. The molecular formula is C17H23N3O2S. The van der Waals surface area contributed by atoms with Crippen LogP contribution < -0.4 is 10.0 Å². The van der Waals surface area contributed by atoms with Gasteiger partial charge in [0.2, 0.25) is 0 Å². The van der Waals surface area contributed by atoms with Crippen LogP contribution in [0.2, 0.25) is 0 Å². The van der Waals surface area contributed by atoms with Crippen LogP contribution in [0.15, 0.2) is 47.5 Å². The van der Waals surface area contributed by atoms with E-state index in [0.717, 1.165) is 12.0 Å². The molecule has 6 heteroatoms. The van der Waals surface area contributed by atoms with Crippen LogP contribution >= 0.6 is 0 Å². The molecule has 0 atom stereocenters. The summed E-state index contributed by atoms with van der Waals surface area (Å²) in [5.41, 5.74) is 1.43. The standard InChI is InChI=1S/C17H23N3O2S/c1-5-13-6-9-15(10-7-13)23(21,22)20-14-8-11-16(18-12-14)19-17(2,3)4/h6-12,20H,5H2,1-4H3,(H,18,19). The topological polar surface area (TPSA) is 71.1 Å². The number of rotatable bonds is 5. The molecule has 0 saturated heterocycles. The first-order chi connectivity index (χ1) is 10.7. The lowest BCUT2D eigenvalue weighted by molar-refractivity contribution is 0.601. The largest absolute Gasteiger partial charge is 0.365 e. The van der Waals surface area contributed by atoms with Crippen LogP contribution in [0, 0.1) is 0 Å². The van der Waals surface area contributed by atoms with Crippen molar-refractivity contribution in [2.45, 2.75) is 44.6 Å². The molecule has 0 amide bonds. The van der Waals surface area contributed by atoms with Gasteiger partial charge in [0.05, 0.1) is 16.8 Å². The summed E-state index contributed by atoms with van der Waals surface area (Å²) in [6.07, 6.45) is 2.38. The average Bonchev–Trinajstić information content (AvgIpc) is 2.48. The van der Waals surface area contributed by atoms with Crippen LogP contribution in [0.5, 0.6) is 0 Å². The van der Waals surface area contributed by atoms with Gasteiger partial charge in [0.1, 0.15) is 5.82 Å². The molecule has 1 aromatic heterocycles. The summed E-state index contributed by atoms with van der Waals surface area (Å²) in [5, 5.41) is 3.23. The van der Waals surface area contributed by atoms with Crippen LogP contribution in [0.3, 0.4) is 0 Å². The van der Waals surface area contributed by atoms with Gasteiger partial charge < -0.3 is 5.32 Å². The normalized spacial score (nSPS) is 12.0. The fourth-order valence-corrected chi connectivity index (χ4v) is 3.07. The van der Waals surface area contributed by atoms with E-state index in [1.807, 2.05) is 39.8 Å². The van der Waals surface area contributed by atoms with E-state index in [4.69, 9.17) is 0 Å². The number of pyridine rings is 1. The molecule has 0 aliphatic heterocycles. The Labute approximate surface area is 138 Å². The SMILES string of the molecule is CCc1ccc(S(=O)(=O)Nc2ccc(NC(C)(C)C)nc2)cc1. The van der Waals surface area contributed by atoms with Crippen LogP contribution in [0.25, 0.3) is 0 Å². The molecular weight excluding hydrogens is 310 g/mol. The zero-order valence-corrected chi connectivity index (χ0v) is 14.7. The lowest BCUT2D eigenvalue weighted by atomic mass is 10.1. The van der Waals surface area contributed by atoms with Crippen molar-refractivity contribution >= 4 is 21.5 Å². The molecule has 1 aromatic carbocycles. The van der Waals surface area contributed by atoms with Crippen molar-refractivity contribution in [3.63, 3.8) is 0 Å². The van der Waals surface area contributed by atoms with Crippen molar-refractivity contribution in [1.29, 1.82) is 0 Å². The molecule has 2 aromatic rings. The second-order valence-electron chi connectivity index (χ2n) is 6.41. The van der Waals surface area contributed by atoms with E-state index in [0.29, 0.717) is 11.5 Å². The Kier molecular flexibility index (Phi) is 4.94. The number of nitrogens with zero attached hydrogens (tertiary/aromatic N) is 1. The highest BCUT2D eigenvalue weighted by Crippen LogP contribution is 2.18. The third-order valence-electron chi connectivity index (χ3n) is 3.16. The Morgan fingerprint density at radius 2 is 1.70 bits per heavy atom. The minimum atomic E-state index is -3.60. The van der Waals surface area contributed by atoms with E-state index in [2.05, 4.69) is 15.0 Å². The highest BCUT2D eigenvalue weighted by molar-refractivity contribution is 7.92. The van der Waals surface area contributed by atoms with Crippen molar-refractivity contribution < 1.29 is 8.42 Å². The van der Waals surface area contributed by atoms with Crippen molar-refractivity contribution in [3.8, 4) is 0 Å². The van der Waals surface area contributed by atoms with Gasteiger partial charge in [-0.25, -0.2) is 13.4 Å². The third-order valence-corrected chi connectivity index (χ3v) is 4.56. The molecule has 0 aliphatic carbocycles. The monoisotopic (exact) mass is 333 g/mol. The van der Waals surface area contributed by atoms with Crippen molar-refractivity contribution in [2.75, 3.05) is 10.0 Å². The summed E-state index contributed by atoms with van der Waals surface area (Å²) in [6.45, 7) is 8.13. The van der Waals surface area contributed by atoms with Crippen molar-refractivity contribution in [1.82, 2.24) is 4.98 Å². The fraction of sp³-hybridized carbons (Fsp3) is 0.353. The van der Waals surface area contributed by atoms with Gasteiger partial charge in [-0.05, 0) is 57.0 Å². The smallest absolute Gasteiger partial charge is 0.261 e. The molecule has 0 radical (unpaired) electrons. The maximum atomic E-state index is 12.4. The van der Waals surface area contributed by atoms with Gasteiger partial charge in [-0.15, -0.1) is 0 Å². The maximum absolute atomic E-state index is 12.4. The van der Waals surface area contributed by atoms with Crippen LogP contribution in [0.1, 0.15) is 33.3 Å². The Balaban J connectivity index is 2.13. The van der Waals surface area contributed by atoms with Gasteiger partial charge in [0, 0.05) is 5.54 Å². The first-order valence-electron chi connectivity index (χ1n) is 7.55. The molecule has 0 fully saturated rings. The Morgan fingerprint density at radius 3 is 2.17 bits per heavy atom. The molecule has 2 rings (SSSR count). The number of nitrogens with one attached hydrogen (secondary N) is 2. The van der Waals surface area contributed by atoms with E-state index < -0.39 is 10.0 Å². The molecule has 5 nitrogen and oxygen atoms in total. The van der Waals surface area contributed by atoms with Gasteiger partial charge in [-0.3, -0.25) is 4.72 Å². The number of aryl methyl sites for hydroxylation is 1. The summed E-state index contributed by atoms with van der Waals surface area (Å²) < 4.78 is 27.3. The van der Waals surface area contributed by atoms with Gasteiger partial charge in [-0.2, -0.15) is 0 Å². The Hall–Kier alpha value is -2.08. The van der Waals surface area contributed by atoms with Crippen LogP contribution in [-0.4, -0.2) is 18.9 Å². The number of hydrogen-bond donors (Lipinski definition) is 2. The van der Waals surface area contributed by atoms with E-state index >= 15 is 0 Å². The first-order valence-corrected chi connectivity index (χ1v) is 9.04. The molecule has 0 unspecified atom stereocenters. The van der Waals surface area contributed by atoms with Gasteiger partial charge in [-0.1, -0.05) is 19.1 Å². The second-order valence-corrected chi connectivity index (χ2v) is 8.09. The molecule has 0 spiro atoms. The predicted molar refractivity (Wildman–Crippen MR) is 94.2 cm³/mol. The van der Waals surface area contributed by atoms with Crippen LogP contribution in [0.4, 0.5) is 11.5 Å². The highest BCUT2D eigenvalue weighted by Gasteiger charge is 2.15. The summed E-state index contributed by atoms with van der Waals surface area (Å²) in [5.74, 6) is 0.702. The number of sulfonamides is 1. The Morgan fingerprint density at radius 1 is 1.04 bits per heavy atom. The molecule has 0 bridgehead atoms. The summed E-state index contributed by atoms with van der Waals surface area (Å²) in [4.78, 5) is 4.47. The minimum absolute atomic E-state index is 0.102. The van der Waals surface area contributed by atoms with Gasteiger partial charge >= 0.3 is 0 Å². The van der Waals surface area contributed by atoms with Gasteiger partial charge in [0.25, 0.3) is 10.0 Å². The molecule has 2 N–H and O–H groups in total. The molecule has 124 valence electrons. The number of hydrogen-bond acceptors (Lipinski definition) is 4. The maximum Gasteiger partial charge on any atom is 0.261 e. The molecule has 0 aliphatic rings. The zero-order valence-electron chi connectivity index (χ0n) is 13.9. The lowest BCUT2D eigenvalue weighted by Crippen LogP contribution is -2.26. The predicted octanol–water partition coefficient (Wildman–Crippen LogP) is 3.66. The van der Waals surface area contributed by atoms with E-state index in [1.54, 1.807) is 24.3 Å². The molecule has 23 heavy (non-hydrogen) atoms. The molecule has 1 heterocycles. The zero-order chi connectivity index (χ0) is 17.1. The highest BCUT2D eigenvalue weighted by atomic mass is 32.2. The van der Waals surface area contributed by atoms with E-state index in [9.17, 15) is 8.42 Å². The van der Waals surface area contributed by atoms with Crippen molar-refractivity contribution in [3.05, 3.63) is 48.2 Å². The Bertz CT molecular complexity index is 746.